The zero-order valence-electron chi connectivity index (χ0n) is 27.1. The number of rotatable bonds is 5. The van der Waals surface area contributed by atoms with E-state index in [1.807, 2.05) is 11.8 Å². The lowest BCUT2D eigenvalue weighted by Gasteiger charge is -2.43. The molecule has 0 aromatic heterocycles. The molecule has 0 radical (unpaired) electrons. The molecule has 6 aromatic rings. The van der Waals surface area contributed by atoms with Crippen LogP contribution in [0.25, 0.3) is 17.2 Å². The fourth-order valence-corrected chi connectivity index (χ4v) is 10.5. The Morgan fingerprint density at radius 2 is 1.29 bits per heavy atom. The monoisotopic (exact) mass is 645 g/mol. The summed E-state index contributed by atoms with van der Waals surface area (Å²) in [5.41, 5.74) is 13.1. The number of allylic oxidation sites excluding steroid dienone is 4. The largest absolute Gasteiger partial charge is 0.334 e. The molecular weight excluding hydrogens is 611 g/mol. The van der Waals surface area contributed by atoms with Crippen molar-refractivity contribution < 1.29 is 0 Å². The van der Waals surface area contributed by atoms with Crippen molar-refractivity contribution in [1.29, 1.82) is 0 Å². The minimum Gasteiger partial charge on any atom is -0.334 e. The van der Waals surface area contributed by atoms with Crippen LogP contribution in [0, 0.1) is 5.92 Å². The predicted octanol–water partition coefficient (Wildman–Crippen LogP) is 12.3. The predicted molar refractivity (Wildman–Crippen MR) is 205 cm³/mol. The maximum Gasteiger partial charge on any atom is 0.0631 e. The molecule has 0 N–H and O–H groups in total. The first-order chi connectivity index (χ1) is 24.3. The molecule has 6 aromatic carbocycles. The Morgan fingerprint density at radius 3 is 2.06 bits per heavy atom. The minimum atomic E-state index is -0.334. The van der Waals surface area contributed by atoms with Gasteiger partial charge >= 0.3 is 0 Å². The average Bonchev–Trinajstić information content (AvgIpc) is 3.70. The van der Waals surface area contributed by atoms with Crippen LogP contribution < -0.4 is 4.90 Å². The molecule has 4 aliphatic rings. The first-order valence-electron chi connectivity index (χ1n) is 17.4. The molecule has 10 rings (SSSR count). The summed E-state index contributed by atoms with van der Waals surface area (Å²) in [5, 5.41) is 0. The molecule has 2 heteroatoms. The SMILES string of the molecule is C1=CC(C2(c3ccccc3)c3ccccc3-c3ccccc32)C2C(=C1)Sc1ccc(N(c3ccccc3)C3CC=Cc4ccccc43)cc12. The van der Waals surface area contributed by atoms with E-state index in [1.165, 1.54) is 65.7 Å². The Bertz CT molecular complexity index is 2270. The molecule has 1 nitrogen and oxygen atoms in total. The third-order valence-corrected chi connectivity index (χ3v) is 12.4. The molecule has 0 amide bonds. The molecule has 3 atom stereocenters. The second-order valence-electron chi connectivity index (χ2n) is 13.5. The van der Waals surface area contributed by atoms with E-state index in [4.69, 9.17) is 0 Å². The number of hydrogen-bond donors (Lipinski definition) is 0. The van der Waals surface area contributed by atoms with Gasteiger partial charge in [-0.1, -0.05) is 163 Å². The van der Waals surface area contributed by atoms with E-state index >= 15 is 0 Å². The summed E-state index contributed by atoms with van der Waals surface area (Å²) in [6.45, 7) is 0. The number of benzene rings is 6. The number of thioether (sulfide) groups is 1. The van der Waals surface area contributed by atoms with Crippen LogP contribution in [-0.2, 0) is 5.41 Å². The summed E-state index contributed by atoms with van der Waals surface area (Å²) in [5.74, 6) is 0.410. The van der Waals surface area contributed by atoms with Crippen LogP contribution in [-0.4, -0.2) is 0 Å². The lowest BCUT2D eigenvalue weighted by molar-refractivity contribution is 0.414. The van der Waals surface area contributed by atoms with Crippen molar-refractivity contribution in [1.82, 2.24) is 0 Å². The summed E-state index contributed by atoms with van der Waals surface area (Å²) in [6, 6.07) is 56.9. The molecule has 3 aliphatic carbocycles. The highest BCUT2D eigenvalue weighted by Crippen LogP contribution is 2.65. The molecular formula is C47H35NS. The van der Waals surface area contributed by atoms with Crippen molar-refractivity contribution >= 4 is 29.2 Å². The highest BCUT2D eigenvalue weighted by atomic mass is 32.2. The Balaban J connectivity index is 1.18. The van der Waals surface area contributed by atoms with Gasteiger partial charge in [-0.3, -0.25) is 0 Å². The van der Waals surface area contributed by atoms with Crippen LogP contribution in [0.3, 0.4) is 0 Å². The van der Waals surface area contributed by atoms with Gasteiger partial charge in [0.15, 0.2) is 0 Å². The van der Waals surface area contributed by atoms with Crippen molar-refractivity contribution in [3.05, 3.63) is 214 Å². The topological polar surface area (TPSA) is 3.24 Å². The Hall–Kier alpha value is -5.31. The lowest BCUT2D eigenvalue weighted by atomic mass is 9.58. The highest BCUT2D eigenvalue weighted by Gasteiger charge is 2.54. The van der Waals surface area contributed by atoms with Crippen molar-refractivity contribution in [3.63, 3.8) is 0 Å². The number of fused-ring (bicyclic) bond motifs is 7. The normalized spacial score (nSPS) is 20.4. The molecule has 3 unspecified atom stereocenters. The summed E-state index contributed by atoms with van der Waals surface area (Å²) in [4.78, 5) is 5.39. The Labute approximate surface area is 293 Å². The van der Waals surface area contributed by atoms with Crippen molar-refractivity contribution in [3.8, 4) is 11.1 Å². The van der Waals surface area contributed by atoms with E-state index < -0.39 is 0 Å². The van der Waals surface area contributed by atoms with Gasteiger partial charge in [0.2, 0.25) is 0 Å². The van der Waals surface area contributed by atoms with Crippen molar-refractivity contribution in [2.45, 2.75) is 28.7 Å². The average molecular weight is 646 g/mol. The van der Waals surface area contributed by atoms with Gasteiger partial charge in [0.05, 0.1) is 11.5 Å². The number of hydrogen-bond acceptors (Lipinski definition) is 2. The van der Waals surface area contributed by atoms with Gasteiger partial charge in [-0.25, -0.2) is 0 Å². The summed E-state index contributed by atoms with van der Waals surface area (Å²) in [7, 11) is 0. The molecule has 49 heavy (non-hydrogen) atoms. The minimum absolute atomic E-state index is 0.187. The molecule has 0 saturated heterocycles. The standard InChI is InChI=1S/C47H35NS/c1-3-17-33(18-4-1)47(40-24-11-9-22-37(40)38-23-10-12-25-41(38)47)42-26-14-28-45-46(42)39-31-35(29-30-44(39)49-45)48(34-19-5-2-6-20-34)43-27-13-16-32-15-7-8-21-36(32)43/h1-26,28-31,42-43,46H,27H2. The molecule has 0 fully saturated rings. The van der Waals surface area contributed by atoms with Crippen LogP contribution in [0.4, 0.5) is 11.4 Å². The van der Waals surface area contributed by atoms with Gasteiger partial charge in [0.25, 0.3) is 0 Å². The summed E-state index contributed by atoms with van der Waals surface area (Å²) < 4.78 is 0. The first-order valence-corrected chi connectivity index (χ1v) is 18.2. The van der Waals surface area contributed by atoms with E-state index in [2.05, 4.69) is 187 Å². The van der Waals surface area contributed by atoms with Gasteiger partial charge in [0, 0.05) is 28.1 Å². The maximum absolute atomic E-state index is 2.58. The van der Waals surface area contributed by atoms with Crippen LogP contribution in [0.2, 0.25) is 0 Å². The van der Waals surface area contributed by atoms with Gasteiger partial charge in [-0.2, -0.15) is 0 Å². The second-order valence-corrected chi connectivity index (χ2v) is 14.7. The fourth-order valence-electron chi connectivity index (χ4n) is 9.24. The van der Waals surface area contributed by atoms with Crippen LogP contribution in [0.15, 0.2) is 186 Å². The number of para-hydroxylation sites is 1. The number of anilines is 2. The smallest absolute Gasteiger partial charge is 0.0631 e. The van der Waals surface area contributed by atoms with E-state index in [1.54, 1.807) is 0 Å². The molecule has 0 spiro atoms. The Morgan fingerprint density at radius 1 is 0.612 bits per heavy atom. The lowest BCUT2D eigenvalue weighted by Crippen LogP contribution is -2.39. The van der Waals surface area contributed by atoms with Gasteiger partial charge in [-0.15, -0.1) is 0 Å². The number of nitrogens with zero attached hydrogens (tertiary/aromatic N) is 1. The molecule has 234 valence electrons. The maximum atomic E-state index is 2.58. The summed E-state index contributed by atoms with van der Waals surface area (Å²) in [6.07, 6.45) is 12.8. The van der Waals surface area contributed by atoms with Gasteiger partial charge < -0.3 is 4.90 Å². The molecule has 1 aliphatic heterocycles. The molecule has 0 saturated carbocycles. The zero-order valence-corrected chi connectivity index (χ0v) is 27.9. The van der Waals surface area contributed by atoms with Gasteiger partial charge in [0.1, 0.15) is 0 Å². The first kappa shape index (κ1) is 28.7. The quantitative estimate of drug-likeness (QED) is 0.184. The fraction of sp³-hybridized carbons (Fsp3) is 0.106. The molecule has 0 bridgehead atoms. The van der Waals surface area contributed by atoms with E-state index in [0.29, 0.717) is 0 Å². The van der Waals surface area contributed by atoms with Crippen LogP contribution >= 0.6 is 11.8 Å². The van der Waals surface area contributed by atoms with E-state index in [9.17, 15) is 0 Å². The highest BCUT2D eigenvalue weighted by molar-refractivity contribution is 8.03. The third kappa shape index (κ3) is 4.27. The zero-order chi connectivity index (χ0) is 32.4. The van der Waals surface area contributed by atoms with E-state index in [0.717, 1.165) is 6.42 Å². The Kier molecular flexibility index (Phi) is 6.67. The third-order valence-electron chi connectivity index (χ3n) is 11.2. The van der Waals surface area contributed by atoms with E-state index in [-0.39, 0.29) is 23.3 Å². The van der Waals surface area contributed by atoms with Crippen molar-refractivity contribution in [2.24, 2.45) is 5.92 Å². The molecule has 1 heterocycles. The second kappa shape index (κ2) is 11.4. The van der Waals surface area contributed by atoms with Crippen LogP contribution in [0.5, 0.6) is 0 Å². The van der Waals surface area contributed by atoms with Gasteiger partial charge in [-0.05, 0) is 86.2 Å². The van der Waals surface area contributed by atoms with Crippen molar-refractivity contribution in [2.75, 3.05) is 4.90 Å². The summed E-state index contributed by atoms with van der Waals surface area (Å²) >= 11 is 1.96. The van der Waals surface area contributed by atoms with Crippen LogP contribution in [0.1, 0.15) is 51.8 Å².